The van der Waals surface area contributed by atoms with Gasteiger partial charge in [-0.2, -0.15) is 0 Å². The van der Waals surface area contributed by atoms with Crippen LogP contribution in [0.3, 0.4) is 0 Å². The van der Waals surface area contributed by atoms with Gasteiger partial charge in [0.25, 0.3) is 0 Å². The van der Waals surface area contributed by atoms with Crippen LogP contribution in [0.25, 0.3) is 0 Å². The molecule has 0 aliphatic rings. The summed E-state index contributed by atoms with van der Waals surface area (Å²) in [6.45, 7) is 0. The molecule has 7 heteroatoms. The molecule has 20 heavy (non-hydrogen) atoms. The highest BCUT2D eigenvalue weighted by Gasteiger charge is 2.18. The van der Waals surface area contributed by atoms with Crippen LogP contribution in [0, 0.1) is 11.6 Å². The van der Waals surface area contributed by atoms with E-state index in [0.717, 1.165) is 12.1 Å². The monoisotopic (exact) mass is 361 g/mol. The number of benzene rings is 2. The summed E-state index contributed by atoms with van der Waals surface area (Å²) in [7, 11) is -3.77. The lowest BCUT2D eigenvalue weighted by molar-refractivity contribution is 0.504. The van der Waals surface area contributed by atoms with Crippen LogP contribution in [-0.2, 0) is 15.6 Å². The second-order valence-corrected chi connectivity index (χ2v) is 7.13. The van der Waals surface area contributed by atoms with Gasteiger partial charge in [-0.1, -0.05) is 15.9 Å². The average Bonchev–Trinajstić information content (AvgIpc) is 2.30. The minimum Gasteiger partial charge on any atom is -0.399 e. The fourth-order valence-corrected chi connectivity index (χ4v) is 3.62. The number of nitrogens with two attached hydrogens (primary N) is 1. The molecule has 0 aliphatic carbocycles. The Hall–Kier alpha value is -1.47. The van der Waals surface area contributed by atoms with Gasteiger partial charge >= 0.3 is 0 Å². The summed E-state index contributed by atoms with van der Waals surface area (Å²) in [6.07, 6.45) is 0. The predicted octanol–water partition coefficient (Wildman–Crippen LogP) is 3.28. The summed E-state index contributed by atoms with van der Waals surface area (Å²) in [5.74, 6) is -2.63. The van der Waals surface area contributed by atoms with Crippen molar-refractivity contribution in [3.63, 3.8) is 0 Å². The van der Waals surface area contributed by atoms with Crippen LogP contribution in [0.15, 0.2) is 45.8 Å². The predicted molar refractivity (Wildman–Crippen MR) is 75.8 cm³/mol. The van der Waals surface area contributed by atoms with Crippen LogP contribution in [0.4, 0.5) is 14.5 Å². The number of halogens is 3. The second-order valence-electron chi connectivity index (χ2n) is 4.23. The average molecular weight is 362 g/mol. The van der Waals surface area contributed by atoms with Gasteiger partial charge in [0.15, 0.2) is 21.5 Å². The number of hydrogen-bond acceptors (Lipinski definition) is 3. The van der Waals surface area contributed by atoms with Crippen molar-refractivity contribution in [2.75, 3.05) is 5.73 Å². The maximum atomic E-state index is 13.1. The van der Waals surface area contributed by atoms with Crippen LogP contribution in [0.5, 0.6) is 0 Å². The van der Waals surface area contributed by atoms with Crippen molar-refractivity contribution in [1.29, 1.82) is 0 Å². The Morgan fingerprint density at radius 3 is 2.35 bits per heavy atom. The van der Waals surface area contributed by atoms with Crippen LogP contribution in [0.1, 0.15) is 5.56 Å². The highest BCUT2D eigenvalue weighted by molar-refractivity contribution is 9.10. The van der Waals surface area contributed by atoms with E-state index in [-0.39, 0.29) is 10.6 Å². The molecule has 0 amide bonds. The molecule has 2 aromatic carbocycles. The van der Waals surface area contributed by atoms with E-state index in [9.17, 15) is 17.2 Å². The Morgan fingerprint density at radius 1 is 1.05 bits per heavy atom. The molecule has 0 atom stereocenters. The lowest BCUT2D eigenvalue weighted by Gasteiger charge is -2.07. The number of nitrogen functional groups attached to an aromatic ring is 1. The van der Waals surface area contributed by atoms with Crippen LogP contribution in [0.2, 0.25) is 0 Å². The molecule has 0 saturated carbocycles. The van der Waals surface area contributed by atoms with Crippen molar-refractivity contribution in [3.8, 4) is 0 Å². The first kappa shape index (κ1) is 14.9. The van der Waals surface area contributed by atoms with E-state index in [2.05, 4.69) is 15.9 Å². The summed E-state index contributed by atoms with van der Waals surface area (Å²) >= 11 is 3.21. The Bertz CT molecular complexity index is 743. The largest absolute Gasteiger partial charge is 0.399 e. The van der Waals surface area contributed by atoms with E-state index < -0.39 is 21.5 Å². The van der Waals surface area contributed by atoms with Crippen molar-refractivity contribution in [2.24, 2.45) is 0 Å². The molecule has 2 rings (SSSR count). The van der Waals surface area contributed by atoms with Gasteiger partial charge in [0, 0.05) is 10.2 Å². The van der Waals surface area contributed by atoms with Gasteiger partial charge in [-0.05, 0) is 42.0 Å². The normalized spacial score (nSPS) is 11.6. The van der Waals surface area contributed by atoms with Gasteiger partial charge in [0.05, 0.1) is 10.6 Å². The summed E-state index contributed by atoms with van der Waals surface area (Å²) in [6, 6.07) is 7.25. The van der Waals surface area contributed by atoms with E-state index in [0.29, 0.717) is 21.8 Å². The number of rotatable bonds is 3. The highest BCUT2D eigenvalue weighted by atomic mass is 79.9. The summed E-state index contributed by atoms with van der Waals surface area (Å²) in [4.78, 5) is -0.269. The first-order valence-corrected chi connectivity index (χ1v) is 7.95. The maximum absolute atomic E-state index is 13.1. The van der Waals surface area contributed by atoms with Crippen molar-refractivity contribution < 1.29 is 17.2 Å². The lowest BCUT2D eigenvalue weighted by Crippen LogP contribution is -2.06. The summed E-state index contributed by atoms with van der Waals surface area (Å²) in [5, 5.41) is 0. The van der Waals surface area contributed by atoms with Gasteiger partial charge in [0.2, 0.25) is 0 Å². The van der Waals surface area contributed by atoms with E-state index >= 15 is 0 Å². The molecule has 0 fully saturated rings. The third kappa shape index (κ3) is 3.34. The van der Waals surface area contributed by atoms with E-state index in [4.69, 9.17) is 5.73 Å². The zero-order chi connectivity index (χ0) is 14.9. The van der Waals surface area contributed by atoms with Gasteiger partial charge in [-0.25, -0.2) is 17.2 Å². The van der Waals surface area contributed by atoms with E-state index in [1.807, 2.05) is 0 Å². The smallest absolute Gasteiger partial charge is 0.182 e. The molecule has 106 valence electrons. The second kappa shape index (κ2) is 5.49. The van der Waals surface area contributed by atoms with E-state index in [1.54, 1.807) is 12.1 Å². The Morgan fingerprint density at radius 2 is 1.75 bits per heavy atom. The molecule has 2 aromatic rings. The third-order valence-corrected chi connectivity index (χ3v) is 4.73. The molecule has 2 N–H and O–H groups in total. The maximum Gasteiger partial charge on any atom is 0.182 e. The third-order valence-electron chi connectivity index (χ3n) is 2.59. The molecular formula is C13H10BrF2NO2S. The van der Waals surface area contributed by atoms with Gasteiger partial charge < -0.3 is 5.73 Å². The van der Waals surface area contributed by atoms with Gasteiger partial charge in [-0.3, -0.25) is 0 Å². The molecule has 0 radical (unpaired) electrons. The molecule has 3 nitrogen and oxygen atoms in total. The van der Waals surface area contributed by atoms with Crippen molar-refractivity contribution in [1.82, 2.24) is 0 Å². The quantitative estimate of drug-likeness (QED) is 0.673. The molecule has 0 aromatic heterocycles. The number of anilines is 1. The molecule has 0 unspecified atom stereocenters. The fraction of sp³-hybridized carbons (Fsp3) is 0.0769. The first-order valence-electron chi connectivity index (χ1n) is 5.51. The Labute approximate surface area is 123 Å². The zero-order valence-corrected chi connectivity index (χ0v) is 12.5. The van der Waals surface area contributed by atoms with Crippen molar-refractivity contribution in [2.45, 2.75) is 10.6 Å². The lowest BCUT2D eigenvalue weighted by atomic mass is 10.2. The minimum absolute atomic E-state index is 0.269. The van der Waals surface area contributed by atoms with Gasteiger partial charge in [0.1, 0.15) is 0 Å². The minimum atomic E-state index is -3.77. The molecule has 0 spiro atoms. The Kier molecular flexibility index (Phi) is 4.10. The highest BCUT2D eigenvalue weighted by Crippen LogP contribution is 2.23. The first-order chi connectivity index (χ1) is 9.28. The molecule has 0 bridgehead atoms. The summed E-state index contributed by atoms with van der Waals surface area (Å²) < 4.78 is 50.9. The SMILES string of the molecule is Nc1cc(Br)cc(CS(=O)(=O)c2ccc(F)c(F)c2)c1. The fourth-order valence-electron chi connectivity index (χ4n) is 1.73. The zero-order valence-electron chi connectivity index (χ0n) is 10.1. The standard InChI is InChI=1S/C13H10BrF2NO2S/c14-9-3-8(4-10(17)5-9)7-20(18,19)11-1-2-12(15)13(16)6-11/h1-6H,7,17H2. The summed E-state index contributed by atoms with van der Waals surface area (Å²) in [5.41, 5.74) is 6.50. The Balaban J connectivity index is 2.37. The van der Waals surface area contributed by atoms with Crippen LogP contribution in [-0.4, -0.2) is 8.42 Å². The molecular weight excluding hydrogens is 352 g/mol. The number of hydrogen-bond donors (Lipinski definition) is 1. The molecule has 0 heterocycles. The molecule has 0 saturated heterocycles. The van der Waals surface area contributed by atoms with Crippen LogP contribution < -0.4 is 5.73 Å². The van der Waals surface area contributed by atoms with E-state index in [1.165, 1.54) is 6.07 Å². The van der Waals surface area contributed by atoms with Crippen molar-refractivity contribution >= 4 is 31.5 Å². The molecule has 0 aliphatic heterocycles. The van der Waals surface area contributed by atoms with Crippen LogP contribution >= 0.6 is 15.9 Å². The van der Waals surface area contributed by atoms with Gasteiger partial charge in [-0.15, -0.1) is 0 Å². The topological polar surface area (TPSA) is 60.2 Å². The number of sulfone groups is 1. The van der Waals surface area contributed by atoms with Crippen molar-refractivity contribution in [3.05, 3.63) is 58.1 Å².